The van der Waals surface area contributed by atoms with Crippen LogP contribution in [0.25, 0.3) is 0 Å². The smallest absolute Gasteiger partial charge is 0.425 e. The molecule has 1 rings (SSSR count). The largest absolute Gasteiger partial charge is 0.449 e. The van der Waals surface area contributed by atoms with Gasteiger partial charge < -0.3 is 14.6 Å². The molecule has 0 aliphatic carbocycles. The van der Waals surface area contributed by atoms with E-state index in [4.69, 9.17) is 4.74 Å². The van der Waals surface area contributed by atoms with Gasteiger partial charge in [-0.1, -0.05) is 18.2 Å². The SMILES string of the molecule is CCOCCC(O)C(F)CC(OC(=O)c1[c]cccc1)C(F)(F)F. The molecule has 4 nitrogen and oxygen atoms in total. The Bertz CT molecular complexity index is 493. The Morgan fingerprint density at radius 2 is 2.08 bits per heavy atom. The minimum Gasteiger partial charge on any atom is -0.449 e. The maximum absolute atomic E-state index is 13.9. The lowest BCUT2D eigenvalue weighted by Crippen LogP contribution is -2.39. The normalized spacial score (nSPS) is 15.6. The number of benzene rings is 1. The van der Waals surface area contributed by atoms with E-state index in [9.17, 15) is 27.5 Å². The van der Waals surface area contributed by atoms with Crippen LogP contribution in [0.15, 0.2) is 24.3 Å². The fourth-order valence-electron chi connectivity index (χ4n) is 1.85. The minimum absolute atomic E-state index is 0.0214. The van der Waals surface area contributed by atoms with Gasteiger partial charge in [-0.3, -0.25) is 0 Å². The third kappa shape index (κ3) is 6.84. The Balaban J connectivity index is 2.67. The number of hydrogen-bond acceptors (Lipinski definition) is 4. The van der Waals surface area contributed by atoms with Crippen LogP contribution in [0, 0.1) is 6.07 Å². The standard InChI is InChI=1S/C16H19F4O4/c1-2-23-9-8-13(21)12(17)10-14(16(18,19)20)24-15(22)11-6-4-3-5-7-11/h3-6,12-14,21H,2,8-10H2,1H3. The van der Waals surface area contributed by atoms with E-state index in [2.05, 4.69) is 10.8 Å². The first kappa shape index (κ1) is 20.4. The molecule has 3 unspecified atom stereocenters. The van der Waals surface area contributed by atoms with Crippen LogP contribution in [0.3, 0.4) is 0 Å². The third-order valence-corrected chi connectivity index (χ3v) is 3.16. The fourth-order valence-corrected chi connectivity index (χ4v) is 1.85. The molecule has 1 radical (unpaired) electrons. The molecular weight excluding hydrogens is 332 g/mol. The lowest BCUT2D eigenvalue weighted by molar-refractivity contribution is -0.211. The summed E-state index contributed by atoms with van der Waals surface area (Å²) in [5.74, 6) is -1.26. The maximum atomic E-state index is 13.9. The second kappa shape index (κ2) is 9.58. The van der Waals surface area contributed by atoms with Crippen LogP contribution in [0.5, 0.6) is 0 Å². The summed E-state index contributed by atoms with van der Waals surface area (Å²) >= 11 is 0. The van der Waals surface area contributed by atoms with Gasteiger partial charge in [0.1, 0.15) is 6.17 Å². The first-order valence-electron chi connectivity index (χ1n) is 7.40. The number of aliphatic hydroxyl groups is 1. The molecule has 135 valence electrons. The number of hydrogen-bond donors (Lipinski definition) is 1. The molecule has 0 aliphatic rings. The van der Waals surface area contributed by atoms with Gasteiger partial charge in [-0.05, 0) is 25.5 Å². The van der Waals surface area contributed by atoms with Crippen LogP contribution >= 0.6 is 0 Å². The van der Waals surface area contributed by atoms with Gasteiger partial charge in [0.15, 0.2) is 0 Å². The summed E-state index contributed by atoms with van der Waals surface area (Å²) in [6.45, 7) is 2.06. The highest BCUT2D eigenvalue weighted by Gasteiger charge is 2.45. The average Bonchev–Trinajstić information content (AvgIpc) is 2.54. The highest BCUT2D eigenvalue weighted by molar-refractivity contribution is 5.89. The van der Waals surface area contributed by atoms with Crippen molar-refractivity contribution in [3.8, 4) is 0 Å². The van der Waals surface area contributed by atoms with Crippen LogP contribution in [0.2, 0.25) is 0 Å². The van der Waals surface area contributed by atoms with E-state index in [1.165, 1.54) is 24.3 Å². The summed E-state index contributed by atoms with van der Waals surface area (Å²) in [5, 5.41) is 9.54. The van der Waals surface area contributed by atoms with E-state index in [1.54, 1.807) is 6.92 Å². The molecule has 0 amide bonds. The first-order valence-corrected chi connectivity index (χ1v) is 7.40. The average molecular weight is 351 g/mol. The van der Waals surface area contributed by atoms with Crippen LogP contribution in [-0.2, 0) is 9.47 Å². The number of carbonyl (C=O) groups excluding carboxylic acids is 1. The monoisotopic (exact) mass is 351 g/mol. The predicted molar refractivity (Wildman–Crippen MR) is 77.2 cm³/mol. The molecule has 3 atom stereocenters. The summed E-state index contributed by atoms with van der Waals surface area (Å²) in [5.41, 5.74) is -0.195. The number of rotatable bonds is 9. The van der Waals surface area contributed by atoms with Crippen molar-refractivity contribution in [1.29, 1.82) is 0 Å². The molecule has 0 spiro atoms. The predicted octanol–water partition coefficient (Wildman–Crippen LogP) is 3.09. The van der Waals surface area contributed by atoms with Crippen LogP contribution in [-0.4, -0.2) is 48.8 Å². The molecule has 0 aromatic heterocycles. The van der Waals surface area contributed by atoms with E-state index in [0.29, 0.717) is 6.61 Å². The Hall–Kier alpha value is -1.67. The van der Waals surface area contributed by atoms with Crippen molar-refractivity contribution >= 4 is 5.97 Å². The summed E-state index contributed by atoms with van der Waals surface area (Å²) in [6.07, 6.45) is -12.8. The van der Waals surface area contributed by atoms with Gasteiger partial charge in [-0.2, -0.15) is 13.2 Å². The topological polar surface area (TPSA) is 55.8 Å². The fraction of sp³-hybridized carbons (Fsp3) is 0.562. The van der Waals surface area contributed by atoms with Crippen molar-refractivity contribution in [2.24, 2.45) is 0 Å². The van der Waals surface area contributed by atoms with Gasteiger partial charge in [0, 0.05) is 19.6 Å². The van der Waals surface area contributed by atoms with Gasteiger partial charge in [0.25, 0.3) is 0 Å². The van der Waals surface area contributed by atoms with E-state index < -0.39 is 36.9 Å². The number of esters is 1. The number of carbonyl (C=O) groups is 1. The number of alkyl halides is 4. The minimum atomic E-state index is -4.95. The van der Waals surface area contributed by atoms with Gasteiger partial charge in [-0.25, -0.2) is 9.18 Å². The van der Waals surface area contributed by atoms with E-state index in [1.807, 2.05) is 0 Å². The molecule has 8 heteroatoms. The Kier molecular flexibility index (Phi) is 8.14. The molecule has 0 aliphatic heterocycles. The van der Waals surface area contributed by atoms with Crippen molar-refractivity contribution in [1.82, 2.24) is 0 Å². The maximum Gasteiger partial charge on any atom is 0.425 e. The number of aliphatic hydroxyl groups excluding tert-OH is 1. The van der Waals surface area contributed by atoms with Gasteiger partial charge >= 0.3 is 12.1 Å². The molecule has 24 heavy (non-hydrogen) atoms. The van der Waals surface area contributed by atoms with Crippen molar-refractivity contribution < 1.29 is 36.9 Å². The molecule has 0 heterocycles. The second-order valence-electron chi connectivity index (χ2n) is 5.02. The van der Waals surface area contributed by atoms with Crippen molar-refractivity contribution in [3.05, 3.63) is 35.9 Å². The molecule has 1 N–H and O–H groups in total. The van der Waals surface area contributed by atoms with E-state index in [-0.39, 0.29) is 18.6 Å². The molecule has 0 fully saturated rings. The molecule has 0 saturated heterocycles. The lowest BCUT2D eigenvalue weighted by atomic mass is 10.1. The Morgan fingerprint density at radius 3 is 2.62 bits per heavy atom. The molecule has 1 aromatic carbocycles. The molecular formula is C16H19F4O4. The summed E-state index contributed by atoms with van der Waals surface area (Å²) in [4.78, 5) is 11.7. The number of ether oxygens (including phenoxy) is 2. The molecule has 0 bridgehead atoms. The van der Waals surface area contributed by atoms with Crippen LogP contribution in [0.1, 0.15) is 30.1 Å². The van der Waals surface area contributed by atoms with Crippen molar-refractivity contribution in [2.75, 3.05) is 13.2 Å². The van der Waals surface area contributed by atoms with Gasteiger partial charge in [0.2, 0.25) is 6.10 Å². The zero-order valence-corrected chi connectivity index (χ0v) is 13.1. The zero-order chi connectivity index (χ0) is 18.2. The highest BCUT2D eigenvalue weighted by atomic mass is 19.4. The Morgan fingerprint density at radius 1 is 1.38 bits per heavy atom. The second-order valence-corrected chi connectivity index (χ2v) is 5.02. The summed E-state index contributed by atoms with van der Waals surface area (Å²) in [7, 11) is 0. The molecule has 1 aromatic rings. The lowest BCUT2D eigenvalue weighted by Gasteiger charge is -2.24. The number of halogens is 4. The van der Waals surface area contributed by atoms with Crippen molar-refractivity contribution in [3.63, 3.8) is 0 Å². The van der Waals surface area contributed by atoms with Gasteiger partial charge in [0.05, 0.1) is 11.7 Å². The van der Waals surface area contributed by atoms with Crippen molar-refractivity contribution in [2.45, 2.75) is 44.3 Å². The highest BCUT2D eigenvalue weighted by Crippen LogP contribution is 2.29. The quantitative estimate of drug-likeness (QED) is 0.422. The first-order chi connectivity index (χ1) is 11.3. The van der Waals surface area contributed by atoms with Gasteiger partial charge in [-0.15, -0.1) is 0 Å². The third-order valence-electron chi connectivity index (χ3n) is 3.16. The zero-order valence-electron chi connectivity index (χ0n) is 13.1. The summed E-state index contributed by atoms with van der Waals surface area (Å²) < 4.78 is 62.0. The Labute approximate surface area is 137 Å². The summed E-state index contributed by atoms with van der Waals surface area (Å²) in [6, 6.07) is 7.98. The van der Waals surface area contributed by atoms with Crippen LogP contribution in [0.4, 0.5) is 17.6 Å². The molecule has 0 saturated carbocycles. The van der Waals surface area contributed by atoms with E-state index in [0.717, 1.165) is 0 Å². The van der Waals surface area contributed by atoms with E-state index >= 15 is 0 Å². The van der Waals surface area contributed by atoms with Crippen LogP contribution < -0.4 is 0 Å².